The van der Waals surface area contributed by atoms with E-state index in [4.69, 9.17) is 5.73 Å². The SMILES string of the molecule is CC(C)(C)n1c(=O)n(-c2cccc3[nH]ncc23)c2c(N)nc(Nc3ccc(S(C)(=O)=O)cc3F)nc21. The molecule has 11 nitrogen and oxygen atoms in total. The molecule has 3 heterocycles. The second kappa shape index (κ2) is 7.88. The molecule has 4 N–H and O–H groups in total. The summed E-state index contributed by atoms with van der Waals surface area (Å²) in [6.45, 7) is 5.56. The molecule has 0 amide bonds. The van der Waals surface area contributed by atoms with E-state index < -0.39 is 21.2 Å². The summed E-state index contributed by atoms with van der Waals surface area (Å²) in [6.07, 6.45) is 2.61. The molecule has 0 spiro atoms. The number of fused-ring (bicyclic) bond motifs is 2. The molecule has 3 aromatic heterocycles. The number of nitrogens with two attached hydrogens (primary N) is 1. The quantitative estimate of drug-likeness (QED) is 0.333. The number of benzene rings is 2. The second-order valence-electron chi connectivity index (χ2n) is 9.38. The maximum Gasteiger partial charge on any atom is 0.335 e. The van der Waals surface area contributed by atoms with Gasteiger partial charge in [0.1, 0.15) is 11.3 Å². The van der Waals surface area contributed by atoms with Crippen LogP contribution in [0.25, 0.3) is 27.8 Å². The Balaban J connectivity index is 1.73. The predicted molar refractivity (Wildman–Crippen MR) is 135 cm³/mol. The lowest BCUT2D eigenvalue weighted by Gasteiger charge is -2.20. The average molecular weight is 511 g/mol. The van der Waals surface area contributed by atoms with Crippen molar-refractivity contribution in [2.75, 3.05) is 17.3 Å². The normalized spacial score (nSPS) is 12.5. The highest BCUT2D eigenvalue weighted by atomic mass is 32.2. The van der Waals surface area contributed by atoms with E-state index in [9.17, 15) is 17.6 Å². The van der Waals surface area contributed by atoms with Crippen molar-refractivity contribution in [3.63, 3.8) is 0 Å². The molecule has 0 bridgehead atoms. The molecule has 2 aromatic carbocycles. The molecule has 186 valence electrons. The highest BCUT2D eigenvalue weighted by Gasteiger charge is 2.28. The third-order valence-electron chi connectivity index (χ3n) is 5.70. The molecule has 0 aliphatic heterocycles. The van der Waals surface area contributed by atoms with Crippen molar-refractivity contribution in [1.29, 1.82) is 0 Å². The van der Waals surface area contributed by atoms with E-state index in [1.54, 1.807) is 18.3 Å². The van der Waals surface area contributed by atoms with Crippen LogP contribution in [0.5, 0.6) is 0 Å². The number of nitrogens with one attached hydrogen (secondary N) is 2. The number of imidazole rings is 1. The summed E-state index contributed by atoms with van der Waals surface area (Å²) in [5.41, 5.74) is 7.07. The van der Waals surface area contributed by atoms with E-state index >= 15 is 0 Å². The van der Waals surface area contributed by atoms with E-state index in [-0.39, 0.29) is 33.7 Å². The summed E-state index contributed by atoms with van der Waals surface area (Å²) < 4.78 is 41.1. The Morgan fingerprint density at radius 1 is 1.14 bits per heavy atom. The third kappa shape index (κ3) is 3.77. The summed E-state index contributed by atoms with van der Waals surface area (Å²) >= 11 is 0. The molecular weight excluding hydrogens is 487 g/mol. The largest absolute Gasteiger partial charge is 0.382 e. The van der Waals surface area contributed by atoms with Crippen LogP contribution in [-0.2, 0) is 15.4 Å². The van der Waals surface area contributed by atoms with Crippen molar-refractivity contribution in [2.24, 2.45) is 0 Å². The van der Waals surface area contributed by atoms with Gasteiger partial charge in [-0.25, -0.2) is 17.6 Å². The fourth-order valence-electron chi connectivity index (χ4n) is 4.10. The zero-order valence-corrected chi connectivity index (χ0v) is 20.7. The molecule has 0 atom stereocenters. The van der Waals surface area contributed by atoms with Gasteiger partial charge in [-0.3, -0.25) is 14.2 Å². The van der Waals surface area contributed by atoms with Gasteiger partial charge in [-0.15, -0.1) is 0 Å². The number of halogens is 1. The van der Waals surface area contributed by atoms with Gasteiger partial charge in [0.15, 0.2) is 21.3 Å². The van der Waals surface area contributed by atoms with Crippen LogP contribution in [-0.4, -0.2) is 44.0 Å². The number of aromatic amines is 1. The van der Waals surface area contributed by atoms with Gasteiger partial charge in [-0.1, -0.05) is 6.07 Å². The number of rotatable bonds is 4. The van der Waals surface area contributed by atoms with E-state index in [0.29, 0.717) is 16.6 Å². The lowest BCUT2D eigenvalue weighted by Crippen LogP contribution is -2.34. The highest BCUT2D eigenvalue weighted by molar-refractivity contribution is 7.90. The summed E-state index contributed by atoms with van der Waals surface area (Å²) in [5.74, 6) is -0.864. The van der Waals surface area contributed by atoms with Gasteiger partial charge < -0.3 is 11.1 Å². The van der Waals surface area contributed by atoms with Crippen LogP contribution in [0.2, 0.25) is 0 Å². The Labute approximate surface area is 204 Å². The number of sulfone groups is 1. The van der Waals surface area contributed by atoms with Crippen LogP contribution < -0.4 is 16.7 Å². The summed E-state index contributed by atoms with van der Waals surface area (Å²) in [6, 6.07) is 8.86. The smallest absolute Gasteiger partial charge is 0.335 e. The second-order valence-corrected chi connectivity index (χ2v) is 11.4. The molecule has 36 heavy (non-hydrogen) atoms. The molecule has 5 rings (SSSR count). The van der Waals surface area contributed by atoms with Crippen molar-refractivity contribution in [3.05, 3.63) is 58.9 Å². The first-order valence-corrected chi connectivity index (χ1v) is 12.8. The van der Waals surface area contributed by atoms with Crippen LogP contribution in [0.1, 0.15) is 20.8 Å². The number of H-pyrrole nitrogens is 1. The van der Waals surface area contributed by atoms with Crippen molar-refractivity contribution in [2.45, 2.75) is 31.2 Å². The standard InChI is InChI=1S/C23H23FN8O3S/c1-23(2,3)32-20-18(31(22(32)33)17-7-5-6-15-13(17)11-26-30-15)19(25)28-21(29-20)27-16-9-8-12(10-14(16)24)36(4,34)35/h5-11H,1-4H3,(H,26,30)(H3,25,27,28,29). The fourth-order valence-corrected chi connectivity index (χ4v) is 4.73. The molecule has 0 saturated heterocycles. The van der Waals surface area contributed by atoms with Crippen molar-refractivity contribution in [3.8, 4) is 5.69 Å². The minimum Gasteiger partial charge on any atom is -0.382 e. The monoisotopic (exact) mass is 510 g/mol. The van der Waals surface area contributed by atoms with Crippen molar-refractivity contribution < 1.29 is 12.8 Å². The van der Waals surface area contributed by atoms with Crippen LogP contribution in [0.15, 0.2) is 52.3 Å². The Morgan fingerprint density at radius 3 is 2.56 bits per heavy atom. The molecular formula is C23H23FN8O3S. The molecule has 0 aliphatic rings. The van der Waals surface area contributed by atoms with Crippen molar-refractivity contribution in [1.82, 2.24) is 29.3 Å². The maximum absolute atomic E-state index is 14.7. The summed E-state index contributed by atoms with van der Waals surface area (Å²) in [4.78, 5) is 22.4. The Hall–Kier alpha value is -4.26. The summed E-state index contributed by atoms with van der Waals surface area (Å²) in [7, 11) is -3.58. The number of hydrogen-bond donors (Lipinski definition) is 3. The van der Waals surface area contributed by atoms with Gasteiger partial charge in [0.05, 0.1) is 28.0 Å². The van der Waals surface area contributed by atoms with E-state index in [0.717, 1.165) is 17.8 Å². The van der Waals surface area contributed by atoms with Gasteiger partial charge in [0.2, 0.25) is 5.95 Å². The zero-order valence-electron chi connectivity index (χ0n) is 19.9. The first-order valence-electron chi connectivity index (χ1n) is 10.9. The lowest BCUT2D eigenvalue weighted by molar-refractivity contribution is 0.392. The fraction of sp³-hybridized carbons (Fsp3) is 0.217. The number of nitrogen functional groups attached to an aromatic ring is 1. The molecule has 0 fully saturated rings. The molecule has 13 heteroatoms. The van der Waals surface area contributed by atoms with Crippen molar-refractivity contribution >= 4 is 49.4 Å². The van der Waals surface area contributed by atoms with E-state index in [1.807, 2.05) is 26.8 Å². The predicted octanol–water partition coefficient (Wildman–Crippen LogP) is 3.08. The first kappa shape index (κ1) is 23.5. The molecule has 0 unspecified atom stereocenters. The molecule has 0 aliphatic carbocycles. The number of nitrogens with zero attached hydrogens (tertiary/aromatic N) is 5. The minimum absolute atomic E-state index is 0.00346. The number of aromatic nitrogens is 6. The van der Waals surface area contributed by atoms with Gasteiger partial charge in [-0.2, -0.15) is 15.1 Å². The number of hydrogen-bond acceptors (Lipinski definition) is 8. The van der Waals surface area contributed by atoms with E-state index in [2.05, 4.69) is 25.5 Å². The maximum atomic E-state index is 14.7. The Kier molecular flexibility index (Phi) is 5.14. The van der Waals surface area contributed by atoms with Crippen LogP contribution in [0.3, 0.4) is 0 Å². The molecule has 5 aromatic rings. The minimum atomic E-state index is -3.58. The lowest BCUT2D eigenvalue weighted by atomic mass is 10.1. The Morgan fingerprint density at radius 2 is 1.89 bits per heavy atom. The Bertz CT molecular complexity index is 1830. The first-order chi connectivity index (χ1) is 16.9. The van der Waals surface area contributed by atoms with Gasteiger partial charge in [-0.05, 0) is 51.1 Å². The molecule has 0 saturated carbocycles. The van der Waals surface area contributed by atoms with Gasteiger partial charge >= 0.3 is 5.69 Å². The van der Waals surface area contributed by atoms with Gasteiger partial charge in [0.25, 0.3) is 0 Å². The zero-order chi connectivity index (χ0) is 26.0. The van der Waals surface area contributed by atoms with Crippen LogP contribution >= 0.6 is 0 Å². The van der Waals surface area contributed by atoms with E-state index in [1.165, 1.54) is 21.3 Å². The highest BCUT2D eigenvalue weighted by Crippen LogP contribution is 2.30. The van der Waals surface area contributed by atoms with Crippen LogP contribution in [0, 0.1) is 5.82 Å². The molecule has 0 radical (unpaired) electrons. The summed E-state index contributed by atoms with van der Waals surface area (Å²) in [5, 5.41) is 10.4. The topological polar surface area (TPSA) is 154 Å². The average Bonchev–Trinajstić information content (AvgIpc) is 3.36. The van der Waals surface area contributed by atoms with Gasteiger partial charge in [0, 0.05) is 17.2 Å². The third-order valence-corrected chi connectivity index (χ3v) is 6.81. The van der Waals surface area contributed by atoms with Crippen LogP contribution in [0.4, 0.5) is 21.8 Å². The number of anilines is 3.